The van der Waals surface area contributed by atoms with Crippen molar-refractivity contribution >= 4 is 17.7 Å². The molecule has 0 bridgehead atoms. The summed E-state index contributed by atoms with van der Waals surface area (Å²) in [6, 6.07) is 8.11. The van der Waals surface area contributed by atoms with Gasteiger partial charge < -0.3 is 14.6 Å². The number of carbonyl (C=O) groups is 3. The lowest BCUT2D eigenvalue weighted by molar-refractivity contribution is 0.0593. The fourth-order valence-corrected chi connectivity index (χ4v) is 2.77. The van der Waals surface area contributed by atoms with E-state index in [1.165, 1.54) is 12.0 Å². The number of ketones is 1. The summed E-state index contributed by atoms with van der Waals surface area (Å²) in [7, 11) is 2.88. The molecule has 0 saturated carbocycles. The van der Waals surface area contributed by atoms with Crippen molar-refractivity contribution in [1.82, 2.24) is 9.88 Å². The van der Waals surface area contributed by atoms with Gasteiger partial charge in [0.15, 0.2) is 5.78 Å². The first kappa shape index (κ1) is 18.4. The predicted molar refractivity (Wildman–Crippen MR) is 93.9 cm³/mol. The summed E-state index contributed by atoms with van der Waals surface area (Å²) in [6.07, 6.45) is 0. The van der Waals surface area contributed by atoms with Crippen LogP contribution in [-0.2, 0) is 4.74 Å². The highest BCUT2D eigenvalue weighted by atomic mass is 16.5. The molecule has 6 nitrogen and oxygen atoms in total. The van der Waals surface area contributed by atoms with Crippen LogP contribution in [0.15, 0.2) is 30.3 Å². The maximum Gasteiger partial charge on any atom is 0.354 e. The number of aromatic nitrogens is 1. The van der Waals surface area contributed by atoms with Gasteiger partial charge in [-0.25, -0.2) is 4.79 Å². The topological polar surface area (TPSA) is 79.5 Å². The number of hydrogen-bond acceptors (Lipinski definition) is 4. The minimum absolute atomic E-state index is 0.229. The normalized spacial score (nSPS) is 11.7. The summed E-state index contributed by atoms with van der Waals surface area (Å²) in [5.74, 6) is -0.991. The third-order valence-electron chi connectivity index (χ3n) is 4.37. The first-order valence-corrected chi connectivity index (χ1v) is 7.93. The maximum atomic E-state index is 12.9. The fourth-order valence-electron chi connectivity index (χ4n) is 2.77. The molecule has 0 aliphatic heterocycles. The van der Waals surface area contributed by atoms with E-state index in [-0.39, 0.29) is 17.4 Å². The Labute approximate surface area is 146 Å². The van der Waals surface area contributed by atoms with E-state index in [2.05, 4.69) is 4.98 Å². The summed E-state index contributed by atoms with van der Waals surface area (Å²) in [5, 5.41) is 0. The Balaban J connectivity index is 2.30. The van der Waals surface area contributed by atoms with Crippen molar-refractivity contribution in [3.8, 4) is 0 Å². The maximum absolute atomic E-state index is 12.9. The Kier molecular flexibility index (Phi) is 5.41. The molecule has 0 unspecified atom stereocenters. The fraction of sp³-hybridized carbons (Fsp3) is 0.316. The van der Waals surface area contributed by atoms with Crippen LogP contribution in [0.3, 0.4) is 0 Å². The molecule has 0 saturated heterocycles. The molecule has 0 fully saturated rings. The number of nitrogens with zero attached hydrogens (tertiary/aromatic N) is 1. The number of benzene rings is 1. The molecule has 1 heterocycles. The second-order valence-electron chi connectivity index (χ2n) is 5.94. The number of aromatic amines is 1. The number of likely N-dealkylation sites (N-methyl/N-ethyl adjacent to an activating group) is 1. The Bertz CT molecular complexity index is 808. The molecule has 1 atom stereocenters. The smallest absolute Gasteiger partial charge is 0.354 e. The first-order chi connectivity index (χ1) is 11.8. The number of Topliss-reactive ketones (excluding diaryl/α,β-unsaturated/α-hetero) is 1. The molecule has 0 radical (unpaired) electrons. The molecule has 1 N–H and O–H groups in total. The number of H-pyrrole nitrogens is 1. The zero-order valence-corrected chi connectivity index (χ0v) is 15.0. The van der Waals surface area contributed by atoms with Crippen LogP contribution in [0.2, 0.25) is 0 Å². The minimum atomic E-state index is -0.675. The van der Waals surface area contributed by atoms with E-state index in [9.17, 15) is 14.4 Å². The molecule has 2 aromatic rings. The number of aryl methyl sites for hydroxylation is 1. The number of ether oxygens (including phenoxy) is 1. The third kappa shape index (κ3) is 3.47. The van der Waals surface area contributed by atoms with Gasteiger partial charge in [-0.05, 0) is 38.5 Å². The molecule has 6 heteroatoms. The summed E-state index contributed by atoms with van der Waals surface area (Å²) in [6.45, 7) is 5.08. The number of amides is 1. The number of carbonyl (C=O) groups excluding carboxylic acids is 3. The molecule has 2 rings (SSSR count). The van der Waals surface area contributed by atoms with E-state index >= 15 is 0 Å². The van der Waals surface area contributed by atoms with E-state index in [0.29, 0.717) is 22.4 Å². The Morgan fingerprint density at radius 1 is 1.12 bits per heavy atom. The van der Waals surface area contributed by atoms with Crippen LogP contribution in [-0.4, -0.2) is 47.7 Å². The minimum Gasteiger partial charge on any atom is -0.464 e. The predicted octanol–water partition coefficient (Wildman–Crippen LogP) is 2.76. The van der Waals surface area contributed by atoms with Gasteiger partial charge in [-0.2, -0.15) is 0 Å². The van der Waals surface area contributed by atoms with Gasteiger partial charge in [-0.3, -0.25) is 9.59 Å². The Hall–Kier alpha value is -2.89. The zero-order chi connectivity index (χ0) is 18.7. The van der Waals surface area contributed by atoms with Crippen LogP contribution in [0.4, 0.5) is 0 Å². The Morgan fingerprint density at radius 2 is 1.72 bits per heavy atom. The molecule has 1 amide bonds. The van der Waals surface area contributed by atoms with Gasteiger partial charge in [0, 0.05) is 23.9 Å². The van der Waals surface area contributed by atoms with E-state index in [1.807, 2.05) is 6.07 Å². The monoisotopic (exact) mass is 342 g/mol. The summed E-state index contributed by atoms with van der Waals surface area (Å²) in [5.41, 5.74) is 2.30. The number of nitrogens with one attached hydrogen (secondary N) is 1. The molecule has 132 valence electrons. The summed E-state index contributed by atoms with van der Waals surface area (Å²) < 4.78 is 4.72. The molecule has 0 aliphatic rings. The second-order valence-corrected chi connectivity index (χ2v) is 5.94. The SMILES string of the molecule is COC(=O)c1[nH]c(C)c(C(=O)[C@H](C)N(C)C(=O)c2ccccc2)c1C. The lowest BCUT2D eigenvalue weighted by Gasteiger charge is -2.24. The summed E-state index contributed by atoms with van der Waals surface area (Å²) >= 11 is 0. The third-order valence-corrected chi connectivity index (χ3v) is 4.37. The Morgan fingerprint density at radius 3 is 2.28 bits per heavy atom. The highest BCUT2D eigenvalue weighted by molar-refractivity contribution is 6.07. The van der Waals surface area contributed by atoms with Crippen LogP contribution in [0.1, 0.15) is 49.4 Å². The van der Waals surface area contributed by atoms with Crippen LogP contribution in [0.5, 0.6) is 0 Å². The van der Waals surface area contributed by atoms with Crippen LogP contribution < -0.4 is 0 Å². The lowest BCUT2D eigenvalue weighted by atomic mass is 9.99. The zero-order valence-electron chi connectivity index (χ0n) is 15.0. The molecule has 0 aliphatic carbocycles. The van der Waals surface area contributed by atoms with Gasteiger partial charge in [-0.1, -0.05) is 18.2 Å². The lowest BCUT2D eigenvalue weighted by Crippen LogP contribution is -2.40. The largest absolute Gasteiger partial charge is 0.464 e. The number of methoxy groups -OCH3 is 1. The quantitative estimate of drug-likeness (QED) is 0.669. The van der Waals surface area contributed by atoms with Crippen molar-refractivity contribution in [3.63, 3.8) is 0 Å². The van der Waals surface area contributed by atoms with Gasteiger partial charge in [0.2, 0.25) is 0 Å². The molecular formula is C19H22N2O4. The van der Waals surface area contributed by atoms with Crippen molar-refractivity contribution < 1.29 is 19.1 Å². The van der Waals surface area contributed by atoms with Crippen molar-refractivity contribution in [3.05, 3.63) is 58.4 Å². The van der Waals surface area contributed by atoms with Gasteiger partial charge in [0.05, 0.1) is 13.2 Å². The average molecular weight is 342 g/mol. The standard InChI is InChI=1S/C19H22N2O4/c1-11-15(12(2)20-16(11)19(24)25-5)17(22)13(3)21(4)18(23)14-9-7-6-8-10-14/h6-10,13,20H,1-5H3/t13-/m0/s1. The van der Waals surface area contributed by atoms with Crippen LogP contribution >= 0.6 is 0 Å². The number of esters is 1. The number of rotatable bonds is 5. The van der Waals surface area contributed by atoms with E-state index in [1.54, 1.807) is 52.1 Å². The molecule has 1 aromatic heterocycles. The van der Waals surface area contributed by atoms with Crippen LogP contribution in [0, 0.1) is 13.8 Å². The number of hydrogen-bond donors (Lipinski definition) is 1. The first-order valence-electron chi connectivity index (χ1n) is 7.93. The van der Waals surface area contributed by atoms with Gasteiger partial charge in [-0.15, -0.1) is 0 Å². The van der Waals surface area contributed by atoms with Crippen molar-refractivity contribution in [2.45, 2.75) is 26.8 Å². The highest BCUT2D eigenvalue weighted by Gasteiger charge is 2.29. The molecular weight excluding hydrogens is 320 g/mol. The van der Waals surface area contributed by atoms with E-state index in [4.69, 9.17) is 4.74 Å². The van der Waals surface area contributed by atoms with Gasteiger partial charge in [0.1, 0.15) is 5.69 Å². The molecule has 25 heavy (non-hydrogen) atoms. The average Bonchev–Trinajstić information content (AvgIpc) is 2.93. The summed E-state index contributed by atoms with van der Waals surface area (Å²) in [4.78, 5) is 41.6. The molecule has 0 spiro atoms. The van der Waals surface area contributed by atoms with Crippen molar-refractivity contribution in [2.24, 2.45) is 0 Å². The van der Waals surface area contributed by atoms with Gasteiger partial charge in [0.25, 0.3) is 5.91 Å². The molecule has 1 aromatic carbocycles. The van der Waals surface area contributed by atoms with Crippen LogP contribution in [0.25, 0.3) is 0 Å². The highest BCUT2D eigenvalue weighted by Crippen LogP contribution is 2.22. The van der Waals surface area contributed by atoms with E-state index < -0.39 is 12.0 Å². The van der Waals surface area contributed by atoms with Crippen molar-refractivity contribution in [1.29, 1.82) is 0 Å². The van der Waals surface area contributed by atoms with Gasteiger partial charge >= 0.3 is 5.97 Å². The van der Waals surface area contributed by atoms with E-state index in [0.717, 1.165) is 0 Å². The second kappa shape index (κ2) is 7.34. The van der Waals surface area contributed by atoms with Crippen molar-refractivity contribution in [2.75, 3.05) is 14.2 Å².